The van der Waals surface area contributed by atoms with Gasteiger partial charge in [0.05, 0.1) is 17.7 Å². The molecule has 0 bridgehead atoms. The molecule has 1 aliphatic heterocycles. The van der Waals surface area contributed by atoms with Crippen LogP contribution in [0.1, 0.15) is 16.7 Å². The van der Waals surface area contributed by atoms with Crippen LogP contribution in [0.5, 0.6) is 11.5 Å². The first-order valence-corrected chi connectivity index (χ1v) is 9.74. The highest BCUT2D eigenvalue weighted by molar-refractivity contribution is 6.33. The first-order valence-electron chi connectivity index (χ1n) is 9.37. The number of hydrogen-bond acceptors (Lipinski definition) is 5. The Bertz CT molecular complexity index is 1190. The van der Waals surface area contributed by atoms with E-state index in [9.17, 15) is 9.18 Å². The summed E-state index contributed by atoms with van der Waals surface area (Å²) in [5.41, 5.74) is 2.76. The first-order chi connectivity index (χ1) is 15.0. The predicted octanol–water partition coefficient (Wildman–Crippen LogP) is 5.41. The maximum atomic E-state index is 13.4. The Morgan fingerprint density at radius 1 is 1.10 bits per heavy atom. The quantitative estimate of drug-likeness (QED) is 0.382. The molecular formula is C24H17ClFNO4. The average Bonchev–Trinajstić information content (AvgIpc) is 3.13. The Kier molecular flexibility index (Phi) is 6.00. The van der Waals surface area contributed by atoms with Gasteiger partial charge < -0.3 is 14.3 Å². The highest BCUT2D eigenvalue weighted by atomic mass is 35.5. The lowest BCUT2D eigenvalue weighted by molar-refractivity contribution is -0.136. The van der Waals surface area contributed by atoms with Crippen molar-refractivity contribution >= 4 is 29.4 Å². The highest BCUT2D eigenvalue weighted by Crippen LogP contribution is 2.38. The standard InChI is InChI=1S/C24H17ClFNO4/c1-29-21-13-16(11-19-22(27-31-24(19)28)17-7-3-2-4-8-17)12-20(25)23(21)30-14-15-6-5-9-18(26)10-15/h2-13H,14H2,1H3/b19-11-. The molecule has 0 aromatic heterocycles. The number of oxime groups is 1. The smallest absolute Gasteiger partial charge is 0.368 e. The molecule has 0 fully saturated rings. The number of carbonyl (C=O) groups is 1. The third kappa shape index (κ3) is 4.59. The molecule has 0 unspecified atom stereocenters. The van der Waals surface area contributed by atoms with Crippen molar-refractivity contribution in [1.29, 1.82) is 0 Å². The molecule has 0 amide bonds. The number of hydrogen-bond donors (Lipinski definition) is 0. The van der Waals surface area contributed by atoms with Crippen molar-refractivity contribution in [2.45, 2.75) is 6.61 Å². The lowest BCUT2D eigenvalue weighted by atomic mass is 10.0. The van der Waals surface area contributed by atoms with Gasteiger partial charge in [-0.15, -0.1) is 0 Å². The van der Waals surface area contributed by atoms with Crippen LogP contribution in [0.4, 0.5) is 4.39 Å². The third-order valence-electron chi connectivity index (χ3n) is 4.58. The topological polar surface area (TPSA) is 57.1 Å². The fraction of sp³-hybridized carbons (Fsp3) is 0.0833. The fourth-order valence-electron chi connectivity index (χ4n) is 3.13. The van der Waals surface area contributed by atoms with Crippen LogP contribution in [0, 0.1) is 5.82 Å². The zero-order chi connectivity index (χ0) is 21.8. The Hall–Kier alpha value is -3.64. The van der Waals surface area contributed by atoms with Gasteiger partial charge in [-0.05, 0) is 41.5 Å². The van der Waals surface area contributed by atoms with Gasteiger partial charge in [0.25, 0.3) is 0 Å². The molecule has 0 saturated heterocycles. The van der Waals surface area contributed by atoms with E-state index in [-0.39, 0.29) is 17.4 Å². The first kappa shape index (κ1) is 20.6. The van der Waals surface area contributed by atoms with E-state index in [0.29, 0.717) is 33.9 Å². The predicted molar refractivity (Wildman–Crippen MR) is 116 cm³/mol. The zero-order valence-electron chi connectivity index (χ0n) is 16.5. The molecule has 0 N–H and O–H groups in total. The van der Waals surface area contributed by atoms with Crippen molar-refractivity contribution in [2.24, 2.45) is 5.16 Å². The summed E-state index contributed by atoms with van der Waals surface area (Å²) in [6.45, 7) is 0.116. The van der Waals surface area contributed by atoms with Crippen LogP contribution in [-0.2, 0) is 16.2 Å². The molecule has 0 aliphatic carbocycles. The minimum atomic E-state index is -0.555. The zero-order valence-corrected chi connectivity index (χ0v) is 17.2. The number of nitrogens with zero attached hydrogens (tertiary/aromatic N) is 1. The number of rotatable bonds is 6. The molecule has 31 heavy (non-hydrogen) atoms. The van der Waals surface area contributed by atoms with Crippen molar-refractivity contribution in [2.75, 3.05) is 7.11 Å². The van der Waals surface area contributed by atoms with Gasteiger partial charge >= 0.3 is 5.97 Å². The molecule has 0 atom stereocenters. The maximum absolute atomic E-state index is 13.4. The van der Waals surface area contributed by atoms with Crippen molar-refractivity contribution in [3.05, 3.63) is 99.8 Å². The van der Waals surface area contributed by atoms with E-state index in [4.69, 9.17) is 25.9 Å². The van der Waals surface area contributed by atoms with Crippen LogP contribution in [0.25, 0.3) is 6.08 Å². The van der Waals surface area contributed by atoms with Crippen LogP contribution in [0.15, 0.2) is 77.5 Å². The number of methoxy groups -OCH3 is 1. The minimum Gasteiger partial charge on any atom is -0.493 e. The SMILES string of the molecule is COc1cc(/C=C2\C(=O)ON=C2c2ccccc2)cc(Cl)c1OCc1cccc(F)c1. The van der Waals surface area contributed by atoms with Gasteiger partial charge in [0.15, 0.2) is 11.5 Å². The Morgan fingerprint density at radius 3 is 2.65 bits per heavy atom. The van der Waals surface area contributed by atoms with Crippen LogP contribution in [0.2, 0.25) is 5.02 Å². The summed E-state index contributed by atoms with van der Waals surface area (Å²) in [5.74, 6) is -0.206. The average molecular weight is 438 g/mol. The van der Waals surface area contributed by atoms with Gasteiger partial charge in [0.1, 0.15) is 18.1 Å². The number of halogens is 2. The lowest BCUT2D eigenvalue weighted by Gasteiger charge is -2.14. The van der Waals surface area contributed by atoms with E-state index in [2.05, 4.69) is 5.16 Å². The van der Waals surface area contributed by atoms with Crippen LogP contribution < -0.4 is 9.47 Å². The maximum Gasteiger partial charge on any atom is 0.368 e. The van der Waals surface area contributed by atoms with E-state index >= 15 is 0 Å². The second-order valence-electron chi connectivity index (χ2n) is 6.70. The summed E-state index contributed by atoms with van der Waals surface area (Å²) in [5, 5.41) is 4.18. The lowest BCUT2D eigenvalue weighted by Crippen LogP contribution is -2.06. The van der Waals surface area contributed by atoms with Gasteiger partial charge in [0, 0.05) is 5.56 Å². The van der Waals surface area contributed by atoms with E-state index in [1.54, 1.807) is 30.3 Å². The molecule has 5 nitrogen and oxygen atoms in total. The normalized spacial score (nSPS) is 14.4. The van der Waals surface area contributed by atoms with Crippen molar-refractivity contribution in [1.82, 2.24) is 0 Å². The van der Waals surface area contributed by atoms with Crippen LogP contribution in [-0.4, -0.2) is 18.8 Å². The molecule has 156 valence electrons. The molecule has 1 heterocycles. The minimum absolute atomic E-state index is 0.116. The number of ether oxygens (including phenoxy) is 2. The van der Waals surface area contributed by atoms with Gasteiger partial charge in [-0.3, -0.25) is 0 Å². The van der Waals surface area contributed by atoms with E-state index in [1.165, 1.54) is 19.2 Å². The van der Waals surface area contributed by atoms with Gasteiger partial charge in [-0.25, -0.2) is 9.18 Å². The second kappa shape index (κ2) is 9.02. The van der Waals surface area contributed by atoms with E-state index in [1.807, 2.05) is 30.3 Å². The van der Waals surface area contributed by atoms with E-state index in [0.717, 1.165) is 5.56 Å². The Labute approximate surface area is 183 Å². The second-order valence-corrected chi connectivity index (χ2v) is 7.10. The molecule has 0 radical (unpaired) electrons. The highest BCUT2D eigenvalue weighted by Gasteiger charge is 2.27. The Balaban J connectivity index is 1.63. The van der Waals surface area contributed by atoms with Crippen molar-refractivity contribution < 1.29 is 23.5 Å². The molecule has 3 aromatic rings. The Morgan fingerprint density at radius 2 is 1.90 bits per heavy atom. The summed E-state index contributed by atoms with van der Waals surface area (Å²) in [7, 11) is 1.48. The molecule has 1 aliphatic rings. The van der Waals surface area contributed by atoms with Gasteiger partial charge in [-0.2, -0.15) is 0 Å². The number of benzene rings is 3. The monoisotopic (exact) mass is 437 g/mol. The molecule has 7 heteroatoms. The number of carbonyl (C=O) groups excluding carboxylic acids is 1. The van der Waals surface area contributed by atoms with Gasteiger partial charge in [0.2, 0.25) is 0 Å². The summed E-state index contributed by atoms with van der Waals surface area (Å²) < 4.78 is 24.6. The van der Waals surface area contributed by atoms with Crippen LogP contribution in [0.3, 0.4) is 0 Å². The largest absolute Gasteiger partial charge is 0.493 e. The third-order valence-corrected chi connectivity index (χ3v) is 4.86. The van der Waals surface area contributed by atoms with E-state index < -0.39 is 5.97 Å². The van der Waals surface area contributed by atoms with Gasteiger partial charge in [-0.1, -0.05) is 59.2 Å². The van der Waals surface area contributed by atoms with Crippen LogP contribution >= 0.6 is 11.6 Å². The summed E-state index contributed by atoms with van der Waals surface area (Å²) in [4.78, 5) is 17.1. The fourth-order valence-corrected chi connectivity index (χ4v) is 3.40. The van der Waals surface area contributed by atoms with Crippen molar-refractivity contribution in [3.63, 3.8) is 0 Å². The molecule has 0 spiro atoms. The molecular weight excluding hydrogens is 421 g/mol. The summed E-state index contributed by atoms with van der Waals surface area (Å²) in [6.07, 6.45) is 1.63. The summed E-state index contributed by atoms with van der Waals surface area (Å²) in [6, 6.07) is 18.7. The molecule has 3 aromatic carbocycles. The van der Waals surface area contributed by atoms with Crippen molar-refractivity contribution in [3.8, 4) is 11.5 Å². The molecule has 4 rings (SSSR count). The summed E-state index contributed by atoms with van der Waals surface area (Å²) >= 11 is 6.43. The molecule has 0 saturated carbocycles.